The number of carbonyl (C=O) groups is 2. The minimum Gasteiger partial charge on any atom is -0.494 e. The van der Waals surface area contributed by atoms with Crippen molar-refractivity contribution in [2.24, 2.45) is 5.92 Å². The highest BCUT2D eigenvalue weighted by atomic mass is 32.2. The van der Waals surface area contributed by atoms with Crippen molar-refractivity contribution in [2.45, 2.75) is 25.2 Å². The molecule has 6 heteroatoms. The van der Waals surface area contributed by atoms with E-state index >= 15 is 0 Å². The zero-order valence-electron chi connectivity index (χ0n) is 16.2. The van der Waals surface area contributed by atoms with Gasteiger partial charge in [-0.3, -0.25) is 9.59 Å². The number of hydrogen-bond donors (Lipinski definition) is 1. The normalized spacial score (nSPS) is 10.6. The molecule has 0 saturated carbocycles. The van der Waals surface area contributed by atoms with Gasteiger partial charge in [-0.1, -0.05) is 13.8 Å². The summed E-state index contributed by atoms with van der Waals surface area (Å²) in [6, 6.07) is 14.3. The van der Waals surface area contributed by atoms with Gasteiger partial charge in [0.1, 0.15) is 5.75 Å². The molecule has 0 unspecified atom stereocenters. The number of amides is 2. The number of anilines is 1. The Hall–Kier alpha value is -2.47. The molecule has 0 heterocycles. The van der Waals surface area contributed by atoms with Crippen molar-refractivity contribution in [2.75, 3.05) is 26.0 Å². The molecule has 27 heavy (non-hydrogen) atoms. The van der Waals surface area contributed by atoms with E-state index in [0.29, 0.717) is 23.8 Å². The van der Waals surface area contributed by atoms with Crippen LogP contribution in [0.4, 0.5) is 10.5 Å². The average Bonchev–Trinajstić information content (AvgIpc) is 2.63. The molecule has 0 aromatic heterocycles. The fourth-order valence-electron chi connectivity index (χ4n) is 2.12. The zero-order valence-corrected chi connectivity index (χ0v) is 17.0. The Balaban J connectivity index is 1.90. The van der Waals surface area contributed by atoms with Gasteiger partial charge in [-0.25, -0.2) is 0 Å². The second-order valence-electron chi connectivity index (χ2n) is 6.80. The first-order valence-corrected chi connectivity index (χ1v) is 9.70. The van der Waals surface area contributed by atoms with E-state index in [1.165, 1.54) is 4.90 Å². The molecule has 0 atom stereocenters. The first-order chi connectivity index (χ1) is 12.8. The molecule has 0 fully saturated rings. The van der Waals surface area contributed by atoms with Crippen LogP contribution in [0.3, 0.4) is 0 Å². The van der Waals surface area contributed by atoms with Crippen molar-refractivity contribution < 1.29 is 14.3 Å². The van der Waals surface area contributed by atoms with Crippen molar-refractivity contribution in [3.63, 3.8) is 0 Å². The molecule has 2 rings (SSSR count). The summed E-state index contributed by atoms with van der Waals surface area (Å²) in [4.78, 5) is 26.4. The molecule has 0 bridgehead atoms. The molecule has 0 aliphatic heterocycles. The summed E-state index contributed by atoms with van der Waals surface area (Å²) in [6.45, 7) is 4.98. The first kappa shape index (κ1) is 20.8. The van der Waals surface area contributed by atoms with E-state index in [1.54, 1.807) is 38.4 Å². The van der Waals surface area contributed by atoms with Crippen LogP contribution in [0, 0.1) is 5.92 Å². The van der Waals surface area contributed by atoms with E-state index in [1.807, 2.05) is 24.3 Å². The number of hydrogen-bond acceptors (Lipinski definition) is 4. The van der Waals surface area contributed by atoms with E-state index in [-0.39, 0.29) is 11.1 Å². The van der Waals surface area contributed by atoms with Crippen LogP contribution in [0.2, 0.25) is 0 Å². The largest absolute Gasteiger partial charge is 0.494 e. The zero-order chi connectivity index (χ0) is 19.8. The minimum absolute atomic E-state index is 0.0394. The standard InChI is InChI=1S/C21H26N2O3S/c1-15(2)13-14-26-18-9-5-16(6-10-18)20(24)22-17-7-11-19(12-8-17)27-21(25)23(3)4/h5-12,15H,13-14H2,1-4H3,(H,22,24). The van der Waals surface area contributed by atoms with Gasteiger partial charge in [0.15, 0.2) is 0 Å². The van der Waals surface area contributed by atoms with Gasteiger partial charge in [-0.05, 0) is 72.6 Å². The number of nitrogens with zero attached hydrogens (tertiary/aromatic N) is 1. The van der Waals surface area contributed by atoms with E-state index in [4.69, 9.17) is 4.74 Å². The maximum Gasteiger partial charge on any atom is 0.285 e. The Morgan fingerprint density at radius 3 is 2.22 bits per heavy atom. The lowest BCUT2D eigenvalue weighted by Crippen LogP contribution is -2.16. The van der Waals surface area contributed by atoms with Gasteiger partial charge in [-0.2, -0.15) is 0 Å². The molecular weight excluding hydrogens is 360 g/mol. The molecule has 2 aromatic carbocycles. The molecule has 0 radical (unpaired) electrons. The van der Waals surface area contributed by atoms with Crippen molar-refractivity contribution in [3.8, 4) is 5.75 Å². The Morgan fingerprint density at radius 2 is 1.67 bits per heavy atom. The Kier molecular flexibility index (Phi) is 7.73. The molecular formula is C21H26N2O3S. The number of ether oxygens (including phenoxy) is 1. The maximum absolute atomic E-state index is 12.4. The van der Waals surface area contributed by atoms with Gasteiger partial charge in [-0.15, -0.1) is 0 Å². The van der Waals surface area contributed by atoms with Crippen LogP contribution in [0.15, 0.2) is 53.4 Å². The lowest BCUT2D eigenvalue weighted by Gasteiger charge is -2.10. The Bertz CT molecular complexity index is 756. The predicted octanol–water partition coefficient (Wildman–Crippen LogP) is 5.14. The number of benzene rings is 2. The van der Waals surface area contributed by atoms with Crippen molar-refractivity contribution in [1.29, 1.82) is 0 Å². The summed E-state index contributed by atoms with van der Waals surface area (Å²) in [5, 5.41) is 2.82. The van der Waals surface area contributed by atoms with Crippen LogP contribution in [0.25, 0.3) is 0 Å². The molecule has 0 saturated heterocycles. The molecule has 5 nitrogen and oxygen atoms in total. The SMILES string of the molecule is CC(C)CCOc1ccc(C(=O)Nc2ccc(SC(=O)N(C)C)cc2)cc1. The van der Waals surface area contributed by atoms with E-state index < -0.39 is 0 Å². The van der Waals surface area contributed by atoms with Crippen molar-refractivity contribution >= 4 is 28.6 Å². The summed E-state index contributed by atoms with van der Waals surface area (Å²) in [5.41, 5.74) is 1.24. The molecule has 2 aromatic rings. The number of nitrogens with one attached hydrogen (secondary N) is 1. The lowest BCUT2D eigenvalue weighted by molar-refractivity contribution is 0.102. The quantitative estimate of drug-likeness (QED) is 0.670. The van der Waals surface area contributed by atoms with Crippen LogP contribution in [0.5, 0.6) is 5.75 Å². The van der Waals surface area contributed by atoms with Crippen molar-refractivity contribution in [3.05, 3.63) is 54.1 Å². The average molecular weight is 387 g/mol. The third-order valence-electron chi connectivity index (χ3n) is 3.76. The number of rotatable bonds is 7. The minimum atomic E-state index is -0.187. The highest BCUT2D eigenvalue weighted by molar-refractivity contribution is 8.13. The monoisotopic (exact) mass is 386 g/mol. The maximum atomic E-state index is 12.4. The van der Waals surface area contributed by atoms with E-state index in [0.717, 1.165) is 28.8 Å². The highest BCUT2D eigenvalue weighted by Gasteiger charge is 2.09. The number of carbonyl (C=O) groups excluding carboxylic acids is 2. The Labute approximate surface area is 165 Å². The summed E-state index contributed by atoms with van der Waals surface area (Å²) in [5.74, 6) is 1.17. The van der Waals surface area contributed by atoms with Gasteiger partial charge >= 0.3 is 0 Å². The third-order valence-corrected chi connectivity index (χ3v) is 4.81. The molecule has 0 spiro atoms. The lowest BCUT2D eigenvalue weighted by atomic mass is 10.1. The van der Waals surface area contributed by atoms with Crippen LogP contribution < -0.4 is 10.1 Å². The van der Waals surface area contributed by atoms with Gasteiger partial charge in [0.05, 0.1) is 6.61 Å². The molecule has 2 amide bonds. The summed E-state index contributed by atoms with van der Waals surface area (Å²) < 4.78 is 5.67. The molecule has 0 aliphatic carbocycles. The fraction of sp³-hybridized carbons (Fsp3) is 0.333. The smallest absolute Gasteiger partial charge is 0.285 e. The van der Waals surface area contributed by atoms with E-state index in [9.17, 15) is 9.59 Å². The summed E-state index contributed by atoms with van der Waals surface area (Å²) in [6.07, 6.45) is 0.997. The molecule has 144 valence electrons. The molecule has 1 N–H and O–H groups in total. The van der Waals surface area contributed by atoms with Crippen LogP contribution in [-0.4, -0.2) is 36.7 Å². The van der Waals surface area contributed by atoms with Crippen LogP contribution >= 0.6 is 11.8 Å². The molecule has 0 aliphatic rings. The predicted molar refractivity (Wildman–Crippen MR) is 111 cm³/mol. The Morgan fingerprint density at radius 1 is 1.04 bits per heavy atom. The van der Waals surface area contributed by atoms with Crippen molar-refractivity contribution in [1.82, 2.24) is 4.90 Å². The van der Waals surface area contributed by atoms with Crippen LogP contribution in [-0.2, 0) is 0 Å². The van der Waals surface area contributed by atoms with Crippen LogP contribution in [0.1, 0.15) is 30.6 Å². The summed E-state index contributed by atoms with van der Waals surface area (Å²) in [7, 11) is 3.43. The van der Waals surface area contributed by atoms with Gasteiger partial charge in [0, 0.05) is 30.2 Å². The van der Waals surface area contributed by atoms with Gasteiger partial charge in [0.2, 0.25) is 0 Å². The third kappa shape index (κ3) is 6.98. The second kappa shape index (κ2) is 10.0. The van der Waals surface area contributed by atoms with Gasteiger partial charge in [0.25, 0.3) is 11.1 Å². The highest BCUT2D eigenvalue weighted by Crippen LogP contribution is 2.23. The van der Waals surface area contributed by atoms with E-state index in [2.05, 4.69) is 19.2 Å². The van der Waals surface area contributed by atoms with Gasteiger partial charge < -0.3 is 15.0 Å². The number of thioether (sulfide) groups is 1. The second-order valence-corrected chi connectivity index (χ2v) is 7.82. The fourth-order valence-corrected chi connectivity index (χ4v) is 2.77. The first-order valence-electron chi connectivity index (χ1n) is 8.88. The summed E-state index contributed by atoms with van der Waals surface area (Å²) >= 11 is 1.15. The topological polar surface area (TPSA) is 58.6 Å².